The van der Waals surface area contributed by atoms with E-state index in [4.69, 9.17) is 9.73 Å². The Kier molecular flexibility index (Phi) is 5.91. The van der Waals surface area contributed by atoms with E-state index in [1.165, 1.54) is 6.42 Å². The Hall–Kier alpha value is -2.08. The molecule has 2 aliphatic rings. The maximum atomic E-state index is 12.0. The molecule has 6 nitrogen and oxygen atoms in total. The number of aliphatic imine (C=N–C) groups is 1. The number of hydrogen-bond donors (Lipinski definition) is 2. The number of amides is 1. The minimum absolute atomic E-state index is 0.0518. The number of carbonyl (C=O) groups excluding carboxylic acids is 1. The van der Waals surface area contributed by atoms with E-state index in [1.54, 1.807) is 0 Å². The molecule has 25 heavy (non-hydrogen) atoms. The van der Waals surface area contributed by atoms with Gasteiger partial charge in [-0.05, 0) is 31.9 Å². The monoisotopic (exact) mass is 344 g/mol. The van der Waals surface area contributed by atoms with E-state index in [9.17, 15) is 4.79 Å². The van der Waals surface area contributed by atoms with Crippen molar-refractivity contribution in [2.75, 3.05) is 45.9 Å². The van der Waals surface area contributed by atoms with Crippen molar-refractivity contribution in [1.29, 1.82) is 0 Å². The molecule has 6 heteroatoms. The summed E-state index contributed by atoms with van der Waals surface area (Å²) in [6.07, 6.45) is 2.32. The van der Waals surface area contributed by atoms with E-state index in [1.807, 2.05) is 30.3 Å². The quantitative estimate of drug-likeness (QED) is 0.483. The summed E-state index contributed by atoms with van der Waals surface area (Å²) in [5.41, 5.74) is 0.999. The zero-order valence-corrected chi connectivity index (χ0v) is 15.0. The first-order valence-electron chi connectivity index (χ1n) is 9.17. The first kappa shape index (κ1) is 17.7. The predicted octanol–water partition coefficient (Wildman–Crippen LogP) is 1.49. The van der Waals surface area contributed by atoms with Gasteiger partial charge in [-0.25, -0.2) is 0 Å². The number of carbonyl (C=O) groups is 1. The van der Waals surface area contributed by atoms with Crippen molar-refractivity contribution in [3.8, 4) is 0 Å². The summed E-state index contributed by atoms with van der Waals surface area (Å²) in [5.74, 6) is 0.893. The largest absolute Gasteiger partial charge is 0.381 e. The Bertz CT molecular complexity index is 597. The molecule has 1 amide bonds. The highest BCUT2D eigenvalue weighted by Crippen LogP contribution is 2.38. The first-order chi connectivity index (χ1) is 12.2. The summed E-state index contributed by atoms with van der Waals surface area (Å²) < 4.78 is 5.60. The second kappa shape index (κ2) is 8.34. The third-order valence-corrected chi connectivity index (χ3v) is 4.95. The summed E-state index contributed by atoms with van der Waals surface area (Å²) in [5, 5.41) is 6.30. The standard InChI is InChI=1S/C19H28N4O2/c1-2-20-18(23-12-8-19(14-23)9-13-25-15-19)22-11-10-21-17(24)16-6-4-3-5-7-16/h3-7H,2,8-15H2,1H3,(H,20,22)(H,21,24). The molecule has 1 atom stereocenters. The lowest BCUT2D eigenvalue weighted by molar-refractivity contribution is 0.0955. The molecular formula is C19H28N4O2. The van der Waals surface area contributed by atoms with Gasteiger partial charge in [0.15, 0.2) is 5.96 Å². The van der Waals surface area contributed by atoms with Crippen LogP contribution in [0.1, 0.15) is 30.1 Å². The van der Waals surface area contributed by atoms with Crippen molar-refractivity contribution in [2.45, 2.75) is 19.8 Å². The fourth-order valence-corrected chi connectivity index (χ4v) is 3.54. The van der Waals surface area contributed by atoms with Crippen LogP contribution in [0, 0.1) is 5.41 Å². The highest BCUT2D eigenvalue weighted by Gasteiger charge is 2.42. The van der Waals surface area contributed by atoms with Crippen molar-refractivity contribution in [1.82, 2.24) is 15.5 Å². The molecule has 2 N–H and O–H groups in total. The lowest BCUT2D eigenvalue weighted by Crippen LogP contribution is -2.42. The summed E-state index contributed by atoms with van der Waals surface area (Å²) in [4.78, 5) is 19.1. The summed E-state index contributed by atoms with van der Waals surface area (Å²) >= 11 is 0. The number of likely N-dealkylation sites (tertiary alicyclic amines) is 1. The zero-order chi connectivity index (χ0) is 17.5. The molecule has 0 saturated carbocycles. The molecule has 2 saturated heterocycles. The van der Waals surface area contributed by atoms with Crippen molar-refractivity contribution >= 4 is 11.9 Å². The van der Waals surface area contributed by atoms with Crippen LogP contribution in [-0.2, 0) is 4.74 Å². The molecule has 1 aromatic rings. The number of ether oxygens (including phenoxy) is 1. The molecule has 0 aliphatic carbocycles. The van der Waals surface area contributed by atoms with Crippen LogP contribution in [-0.4, -0.2) is 62.7 Å². The SMILES string of the molecule is CCNC(=NCCNC(=O)c1ccccc1)N1CCC2(CCOC2)C1. The molecular weight excluding hydrogens is 316 g/mol. The smallest absolute Gasteiger partial charge is 0.251 e. The van der Waals surface area contributed by atoms with Crippen LogP contribution < -0.4 is 10.6 Å². The van der Waals surface area contributed by atoms with Gasteiger partial charge in [-0.3, -0.25) is 9.79 Å². The second-order valence-corrected chi connectivity index (χ2v) is 6.83. The van der Waals surface area contributed by atoms with Crippen LogP contribution in [0.15, 0.2) is 35.3 Å². The second-order valence-electron chi connectivity index (χ2n) is 6.83. The highest BCUT2D eigenvalue weighted by molar-refractivity contribution is 5.94. The maximum absolute atomic E-state index is 12.0. The van der Waals surface area contributed by atoms with Crippen molar-refractivity contribution in [2.24, 2.45) is 10.4 Å². The van der Waals surface area contributed by atoms with Crippen molar-refractivity contribution in [3.63, 3.8) is 0 Å². The average Bonchev–Trinajstić information content (AvgIpc) is 3.28. The molecule has 1 unspecified atom stereocenters. The molecule has 0 bridgehead atoms. The predicted molar refractivity (Wildman–Crippen MR) is 98.8 cm³/mol. The number of rotatable bonds is 5. The van der Waals surface area contributed by atoms with Gasteiger partial charge in [0.05, 0.1) is 13.2 Å². The third-order valence-electron chi connectivity index (χ3n) is 4.95. The number of hydrogen-bond acceptors (Lipinski definition) is 3. The van der Waals surface area contributed by atoms with Crippen LogP contribution in [0.2, 0.25) is 0 Å². The van der Waals surface area contributed by atoms with E-state index in [2.05, 4.69) is 22.5 Å². The van der Waals surface area contributed by atoms with Gasteiger partial charge in [0.1, 0.15) is 0 Å². The maximum Gasteiger partial charge on any atom is 0.251 e. The number of guanidine groups is 1. The normalized spacial score (nSPS) is 23.2. The lowest BCUT2D eigenvalue weighted by atomic mass is 9.87. The Balaban J connectivity index is 1.50. The Morgan fingerprint density at radius 1 is 1.28 bits per heavy atom. The Labute approximate surface area is 149 Å². The topological polar surface area (TPSA) is 66.0 Å². The van der Waals surface area contributed by atoms with E-state index in [-0.39, 0.29) is 5.91 Å². The molecule has 3 rings (SSSR count). The van der Waals surface area contributed by atoms with Gasteiger partial charge in [-0.2, -0.15) is 0 Å². The van der Waals surface area contributed by atoms with Crippen molar-refractivity contribution < 1.29 is 9.53 Å². The summed E-state index contributed by atoms with van der Waals surface area (Å²) in [6.45, 7) is 7.81. The van der Waals surface area contributed by atoms with E-state index >= 15 is 0 Å². The fraction of sp³-hybridized carbons (Fsp3) is 0.579. The van der Waals surface area contributed by atoms with Crippen molar-refractivity contribution in [3.05, 3.63) is 35.9 Å². The summed E-state index contributed by atoms with van der Waals surface area (Å²) in [7, 11) is 0. The molecule has 1 spiro atoms. The van der Waals surface area contributed by atoms with Crippen LogP contribution in [0.3, 0.4) is 0 Å². The highest BCUT2D eigenvalue weighted by atomic mass is 16.5. The lowest BCUT2D eigenvalue weighted by Gasteiger charge is -2.25. The molecule has 0 aromatic heterocycles. The molecule has 2 heterocycles. The number of nitrogens with zero attached hydrogens (tertiary/aromatic N) is 2. The minimum atomic E-state index is -0.0518. The molecule has 2 aliphatic heterocycles. The first-order valence-corrected chi connectivity index (χ1v) is 9.17. The van der Waals surface area contributed by atoms with E-state index < -0.39 is 0 Å². The average molecular weight is 344 g/mol. The van der Waals surface area contributed by atoms with Gasteiger partial charge in [0.2, 0.25) is 0 Å². The van der Waals surface area contributed by atoms with Gasteiger partial charge in [-0.1, -0.05) is 18.2 Å². The van der Waals surface area contributed by atoms with Gasteiger partial charge in [-0.15, -0.1) is 0 Å². The van der Waals surface area contributed by atoms with Crippen LogP contribution in [0.4, 0.5) is 0 Å². The van der Waals surface area contributed by atoms with Gasteiger partial charge in [0.25, 0.3) is 5.91 Å². The number of benzene rings is 1. The molecule has 2 fully saturated rings. The van der Waals surface area contributed by atoms with Gasteiger partial charge < -0.3 is 20.3 Å². The van der Waals surface area contributed by atoms with Crippen LogP contribution in [0.25, 0.3) is 0 Å². The summed E-state index contributed by atoms with van der Waals surface area (Å²) in [6, 6.07) is 9.27. The van der Waals surface area contributed by atoms with Crippen LogP contribution in [0.5, 0.6) is 0 Å². The molecule has 136 valence electrons. The van der Waals surface area contributed by atoms with Gasteiger partial charge in [0, 0.05) is 43.8 Å². The zero-order valence-electron chi connectivity index (χ0n) is 15.0. The molecule has 1 aromatic carbocycles. The van der Waals surface area contributed by atoms with E-state index in [0.717, 1.165) is 45.2 Å². The van der Waals surface area contributed by atoms with Crippen LogP contribution >= 0.6 is 0 Å². The molecule has 0 radical (unpaired) electrons. The third kappa shape index (κ3) is 4.51. The number of nitrogens with one attached hydrogen (secondary N) is 2. The Morgan fingerprint density at radius 3 is 2.84 bits per heavy atom. The van der Waals surface area contributed by atoms with Gasteiger partial charge >= 0.3 is 0 Å². The van der Waals surface area contributed by atoms with E-state index in [0.29, 0.717) is 24.1 Å². The Morgan fingerprint density at radius 2 is 2.12 bits per heavy atom. The fourth-order valence-electron chi connectivity index (χ4n) is 3.54. The minimum Gasteiger partial charge on any atom is -0.381 e.